The maximum atomic E-state index is 6.33. The summed E-state index contributed by atoms with van der Waals surface area (Å²) < 4.78 is 3.98. The minimum absolute atomic E-state index is 0.156. The molecular formula is C15H17N5. The second kappa shape index (κ2) is 5.71. The molecule has 0 aliphatic carbocycles. The van der Waals surface area contributed by atoms with Gasteiger partial charge in [-0.15, -0.1) is 0 Å². The average Bonchev–Trinajstić information content (AvgIpc) is 3.16. The normalized spacial score (nSPS) is 12.4. The van der Waals surface area contributed by atoms with Gasteiger partial charge in [-0.05, 0) is 11.6 Å². The fourth-order valence-corrected chi connectivity index (χ4v) is 2.25. The predicted octanol–water partition coefficient (Wildman–Crippen LogP) is 1.83. The van der Waals surface area contributed by atoms with Gasteiger partial charge in [-0.3, -0.25) is 4.68 Å². The summed E-state index contributed by atoms with van der Waals surface area (Å²) in [7, 11) is 0. The first-order chi connectivity index (χ1) is 9.84. The van der Waals surface area contributed by atoms with Gasteiger partial charge in [0.15, 0.2) is 0 Å². The third-order valence-corrected chi connectivity index (χ3v) is 3.35. The van der Waals surface area contributed by atoms with Crippen LogP contribution in [-0.2, 0) is 13.1 Å². The summed E-state index contributed by atoms with van der Waals surface area (Å²) in [5.41, 5.74) is 8.44. The first-order valence-electron chi connectivity index (χ1n) is 6.62. The highest BCUT2D eigenvalue weighted by Crippen LogP contribution is 2.18. The monoisotopic (exact) mass is 267 g/mol. The molecule has 2 N–H and O–H groups in total. The summed E-state index contributed by atoms with van der Waals surface area (Å²) in [5, 5.41) is 4.20. The first kappa shape index (κ1) is 12.6. The Kier molecular flexibility index (Phi) is 3.60. The van der Waals surface area contributed by atoms with Crippen molar-refractivity contribution in [3.05, 3.63) is 72.6 Å². The Morgan fingerprint density at radius 1 is 1.10 bits per heavy atom. The largest absolute Gasteiger partial charge is 0.331 e. The molecule has 1 atom stereocenters. The number of imidazole rings is 1. The van der Waals surface area contributed by atoms with Crippen molar-refractivity contribution < 1.29 is 0 Å². The molecule has 0 saturated carbocycles. The smallest absolute Gasteiger partial charge is 0.0949 e. The highest BCUT2D eigenvalue weighted by Gasteiger charge is 2.13. The van der Waals surface area contributed by atoms with Gasteiger partial charge in [0.25, 0.3) is 0 Å². The molecule has 102 valence electrons. The van der Waals surface area contributed by atoms with Gasteiger partial charge in [-0.25, -0.2) is 4.98 Å². The van der Waals surface area contributed by atoms with Gasteiger partial charge in [0.05, 0.1) is 30.8 Å². The molecule has 0 spiro atoms. The molecule has 0 amide bonds. The third-order valence-electron chi connectivity index (χ3n) is 3.35. The second-order valence-electron chi connectivity index (χ2n) is 4.67. The molecule has 0 bridgehead atoms. The molecule has 0 fully saturated rings. The van der Waals surface area contributed by atoms with Crippen molar-refractivity contribution >= 4 is 0 Å². The molecule has 3 aromatic rings. The van der Waals surface area contributed by atoms with Crippen molar-refractivity contribution in [2.45, 2.75) is 19.1 Å². The van der Waals surface area contributed by atoms with Gasteiger partial charge in [0.1, 0.15) is 0 Å². The Labute approximate surface area is 117 Å². The molecule has 0 aliphatic heterocycles. The maximum absolute atomic E-state index is 6.33. The lowest BCUT2D eigenvalue weighted by atomic mass is 10.1. The maximum Gasteiger partial charge on any atom is 0.0949 e. The molecule has 0 saturated heterocycles. The van der Waals surface area contributed by atoms with E-state index in [1.165, 1.54) is 0 Å². The Hall–Kier alpha value is -2.40. The van der Waals surface area contributed by atoms with E-state index in [2.05, 4.69) is 14.6 Å². The van der Waals surface area contributed by atoms with E-state index in [0.29, 0.717) is 0 Å². The van der Waals surface area contributed by atoms with E-state index in [1.54, 1.807) is 6.20 Å². The molecule has 0 radical (unpaired) electrons. The van der Waals surface area contributed by atoms with Crippen LogP contribution in [0.2, 0.25) is 0 Å². The van der Waals surface area contributed by atoms with E-state index >= 15 is 0 Å². The minimum atomic E-state index is -0.156. The number of aryl methyl sites for hydroxylation is 2. The Morgan fingerprint density at radius 2 is 1.95 bits per heavy atom. The van der Waals surface area contributed by atoms with Gasteiger partial charge >= 0.3 is 0 Å². The Bertz CT molecular complexity index is 642. The molecular weight excluding hydrogens is 250 g/mol. The first-order valence-corrected chi connectivity index (χ1v) is 6.62. The van der Waals surface area contributed by atoms with E-state index in [9.17, 15) is 0 Å². The van der Waals surface area contributed by atoms with E-state index in [0.717, 1.165) is 24.3 Å². The number of hydrogen-bond donors (Lipinski definition) is 1. The average molecular weight is 267 g/mol. The number of nitrogens with zero attached hydrogens (tertiary/aromatic N) is 4. The number of nitrogens with two attached hydrogens (primary N) is 1. The zero-order chi connectivity index (χ0) is 13.8. The molecule has 20 heavy (non-hydrogen) atoms. The molecule has 0 aliphatic rings. The SMILES string of the molecule is NC(c1ccccc1)c1cncn1CCn1cccn1. The topological polar surface area (TPSA) is 61.7 Å². The van der Waals surface area contributed by atoms with Gasteiger partial charge in [-0.2, -0.15) is 5.10 Å². The van der Waals surface area contributed by atoms with Gasteiger partial charge < -0.3 is 10.3 Å². The van der Waals surface area contributed by atoms with Gasteiger partial charge in [0.2, 0.25) is 0 Å². The molecule has 3 rings (SSSR count). The van der Waals surface area contributed by atoms with Crippen LogP contribution in [0, 0.1) is 0 Å². The summed E-state index contributed by atoms with van der Waals surface area (Å²) in [6.07, 6.45) is 7.39. The number of hydrogen-bond acceptors (Lipinski definition) is 3. The summed E-state index contributed by atoms with van der Waals surface area (Å²) in [5.74, 6) is 0. The highest BCUT2D eigenvalue weighted by atomic mass is 15.3. The molecule has 2 heterocycles. The second-order valence-corrected chi connectivity index (χ2v) is 4.67. The van der Waals surface area contributed by atoms with Crippen molar-refractivity contribution in [1.82, 2.24) is 19.3 Å². The van der Waals surface area contributed by atoms with Crippen LogP contribution in [0.3, 0.4) is 0 Å². The lowest BCUT2D eigenvalue weighted by molar-refractivity contribution is 0.517. The van der Waals surface area contributed by atoms with E-state index in [-0.39, 0.29) is 6.04 Å². The van der Waals surface area contributed by atoms with Crippen LogP contribution in [0.25, 0.3) is 0 Å². The molecule has 5 heteroatoms. The Morgan fingerprint density at radius 3 is 2.70 bits per heavy atom. The van der Waals surface area contributed by atoms with E-state index < -0.39 is 0 Å². The third kappa shape index (κ3) is 2.62. The quantitative estimate of drug-likeness (QED) is 0.767. The fraction of sp³-hybridized carbons (Fsp3) is 0.200. The molecule has 2 aromatic heterocycles. The molecule has 1 unspecified atom stereocenters. The zero-order valence-corrected chi connectivity index (χ0v) is 11.1. The van der Waals surface area contributed by atoms with Crippen molar-refractivity contribution in [2.75, 3.05) is 0 Å². The van der Waals surface area contributed by atoms with Crippen LogP contribution in [0.15, 0.2) is 61.3 Å². The highest BCUT2D eigenvalue weighted by molar-refractivity contribution is 5.26. The summed E-state index contributed by atoms with van der Waals surface area (Å²) in [4.78, 5) is 4.22. The van der Waals surface area contributed by atoms with Crippen LogP contribution in [-0.4, -0.2) is 19.3 Å². The summed E-state index contributed by atoms with van der Waals surface area (Å²) in [6, 6.07) is 11.8. The van der Waals surface area contributed by atoms with E-state index in [1.807, 2.05) is 59.8 Å². The number of rotatable bonds is 5. The van der Waals surface area contributed by atoms with Crippen LogP contribution < -0.4 is 5.73 Å². The molecule has 5 nitrogen and oxygen atoms in total. The van der Waals surface area contributed by atoms with Crippen molar-refractivity contribution in [1.29, 1.82) is 0 Å². The standard InChI is InChI=1S/C15H17N5/c16-15(13-5-2-1-3-6-13)14-11-17-12-19(14)9-10-20-8-4-7-18-20/h1-8,11-12,15H,9-10,16H2. The van der Waals surface area contributed by atoms with Gasteiger partial charge in [-0.1, -0.05) is 30.3 Å². The minimum Gasteiger partial charge on any atom is -0.331 e. The lowest BCUT2D eigenvalue weighted by Crippen LogP contribution is -2.18. The molecule has 1 aromatic carbocycles. The fourth-order valence-electron chi connectivity index (χ4n) is 2.25. The van der Waals surface area contributed by atoms with Crippen LogP contribution in [0.1, 0.15) is 17.3 Å². The van der Waals surface area contributed by atoms with Crippen LogP contribution >= 0.6 is 0 Å². The zero-order valence-electron chi connectivity index (χ0n) is 11.1. The lowest BCUT2D eigenvalue weighted by Gasteiger charge is -2.15. The summed E-state index contributed by atoms with van der Waals surface area (Å²) >= 11 is 0. The van der Waals surface area contributed by atoms with E-state index in [4.69, 9.17) is 5.73 Å². The van der Waals surface area contributed by atoms with Crippen LogP contribution in [0.4, 0.5) is 0 Å². The van der Waals surface area contributed by atoms with Gasteiger partial charge in [0, 0.05) is 18.9 Å². The van der Waals surface area contributed by atoms with Crippen molar-refractivity contribution in [2.24, 2.45) is 5.73 Å². The van der Waals surface area contributed by atoms with Crippen molar-refractivity contribution in [3.8, 4) is 0 Å². The summed E-state index contributed by atoms with van der Waals surface area (Å²) in [6.45, 7) is 1.61. The number of benzene rings is 1. The number of aromatic nitrogens is 4. The van der Waals surface area contributed by atoms with Crippen molar-refractivity contribution in [3.63, 3.8) is 0 Å². The predicted molar refractivity (Wildman–Crippen MR) is 76.9 cm³/mol. The Balaban J connectivity index is 1.76. The van der Waals surface area contributed by atoms with Crippen LogP contribution in [0.5, 0.6) is 0 Å².